The van der Waals surface area contributed by atoms with Crippen molar-refractivity contribution in [2.75, 3.05) is 54.6 Å². The third-order valence-electron chi connectivity index (χ3n) is 15.2. The van der Waals surface area contributed by atoms with E-state index in [1.54, 1.807) is 26.2 Å². The van der Waals surface area contributed by atoms with Crippen molar-refractivity contribution in [3.63, 3.8) is 0 Å². The van der Waals surface area contributed by atoms with Crippen LogP contribution in [0.2, 0.25) is 0 Å². The molecule has 3 aliphatic rings. The number of amides is 3. The highest BCUT2D eigenvalue weighted by molar-refractivity contribution is 5.94. The topological polar surface area (TPSA) is 163 Å². The maximum Gasteiger partial charge on any atom is 0.303 e. The van der Waals surface area contributed by atoms with Crippen LogP contribution in [0.4, 0.5) is 0 Å². The number of aliphatic carboxylic acids is 1. The number of ether oxygens (including phenoxy) is 2. The number of methoxy groups -OCH3 is 2. The number of likely N-dealkylation sites (N-methyl/N-ethyl adjacent to an activating group) is 2. The highest BCUT2D eigenvalue weighted by atomic mass is 16.7. The Hall–Kier alpha value is -3.72. The average molecular weight is 925 g/mol. The molecule has 10 atom stereocenters. The van der Waals surface area contributed by atoms with Crippen LogP contribution in [0.1, 0.15) is 143 Å². The molecule has 372 valence electrons. The molecule has 14 nitrogen and oxygen atoms in total. The van der Waals surface area contributed by atoms with Gasteiger partial charge in [-0.1, -0.05) is 91.6 Å². The molecule has 0 unspecified atom stereocenters. The molecule has 2 heterocycles. The number of hydrogen-bond donors (Lipinski definition) is 1. The summed E-state index contributed by atoms with van der Waals surface area (Å²) in [7, 11) is 6.85. The predicted octanol–water partition coefficient (Wildman–Crippen LogP) is 7.43. The Kier molecular flexibility index (Phi) is 21.3. The van der Waals surface area contributed by atoms with Crippen molar-refractivity contribution in [1.29, 1.82) is 0 Å². The lowest BCUT2D eigenvalue weighted by Crippen LogP contribution is -2.54. The van der Waals surface area contributed by atoms with Crippen molar-refractivity contribution in [2.24, 2.45) is 35.0 Å². The molecule has 1 aromatic rings. The Labute approximate surface area is 395 Å². The first-order valence-corrected chi connectivity index (χ1v) is 24.9. The number of hydrogen-bond acceptors (Lipinski definition) is 10. The summed E-state index contributed by atoms with van der Waals surface area (Å²) >= 11 is 0. The molecule has 0 radical (unpaired) electrons. The summed E-state index contributed by atoms with van der Waals surface area (Å²) in [5.41, 5.74) is 0.137. The van der Waals surface area contributed by atoms with Crippen molar-refractivity contribution in [1.82, 2.24) is 19.8 Å². The maximum absolute atomic E-state index is 14.6. The van der Waals surface area contributed by atoms with E-state index in [-0.39, 0.29) is 84.7 Å². The van der Waals surface area contributed by atoms with Crippen LogP contribution in [-0.2, 0) is 43.1 Å². The second-order valence-corrected chi connectivity index (χ2v) is 20.4. The number of rotatable bonds is 28. The van der Waals surface area contributed by atoms with Gasteiger partial charge >= 0.3 is 5.97 Å². The van der Waals surface area contributed by atoms with Crippen LogP contribution < -0.4 is 0 Å². The Balaban J connectivity index is 1.48. The van der Waals surface area contributed by atoms with Gasteiger partial charge in [-0.2, -0.15) is 0 Å². The molecule has 0 bridgehead atoms. The zero-order valence-electron chi connectivity index (χ0n) is 42.2. The van der Waals surface area contributed by atoms with Crippen molar-refractivity contribution in [2.45, 2.75) is 168 Å². The van der Waals surface area contributed by atoms with Crippen LogP contribution in [0.3, 0.4) is 0 Å². The first kappa shape index (κ1) is 54.9. The molecule has 1 saturated carbocycles. The van der Waals surface area contributed by atoms with Gasteiger partial charge < -0.3 is 24.4 Å². The van der Waals surface area contributed by atoms with Crippen LogP contribution in [0.25, 0.3) is 0 Å². The molecule has 1 N–H and O–H groups in total. The number of nitrogens with zero attached hydrogens (tertiary/aromatic N) is 4. The largest absolute Gasteiger partial charge is 0.481 e. The molecular weight excluding hydrogens is 841 g/mol. The van der Waals surface area contributed by atoms with E-state index < -0.39 is 47.5 Å². The number of Topliss-reactive ketones (excluding diaryl/α,β-unsaturated/α-hetero) is 2. The number of carboxylic acid groups (broad SMARTS) is 1. The standard InChI is InChI=1S/C52H84N4O10/c1-12-36(6)48(54(9)50(62)39(34(2)3)30-42(57)47(35(4)5)53(8)26-18-14-17-25-46(60)61)44(64-10)31-45(59)55-27-21-24-41(55)49(65-11)37(7)43(58)33-52(51(63)56-28-19-20-29-66-56)32-40(52)38-22-15-13-16-23-38/h13,15-16,22-23,34-37,39-41,44,47-49H,12,14,17-21,24-33H2,1-11H3,(H,60,61)/t36-,37-,39-,40+,41-,44+,47-,48-,49+,52-/m0/s1. The van der Waals surface area contributed by atoms with E-state index in [0.29, 0.717) is 45.5 Å². The molecule has 2 saturated heterocycles. The lowest BCUT2D eigenvalue weighted by molar-refractivity contribution is -0.203. The van der Waals surface area contributed by atoms with Crippen molar-refractivity contribution in [3.8, 4) is 0 Å². The second-order valence-electron chi connectivity index (χ2n) is 20.4. The number of unbranched alkanes of at least 4 members (excludes halogenated alkanes) is 2. The summed E-state index contributed by atoms with van der Waals surface area (Å²) < 4.78 is 12.3. The Morgan fingerprint density at radius 3 is 2.14 bits per heavy atom. The molecule has 14 heteroatoms. The third kappa shape index (κ3) is 13.7. The van der Waals surface area contributed by atoms with Gasteiger partial charge in [-0.3, -0.25) is 38.5 Å². The van der Waals surface area contributed by atoms with Crippen LogP contribution in [0.15, 0.2) is 30.3 Å². The number of hydroxylamine groups is 2. The quantitative estimate of drug-likeness (QED) is 0.0832. The molecule has 3 fully saturated rings. The van der Waals surface area contributed by atoms with Crippen molar-refractivity contribution < 1.29 is 48.2 Å². The summed E-state index contributed by atoms with van der Waals surface area (Å²) in [6.07, 6.45) is 5.61. The normalized spacial score (nSPS) is 23.0. The minimum atomic E-state index is -0.895. The van der Waals surface area contributed by atoms with Gasteiger partial charge in [-0.15, -0.1) is 0 Å². The molecule has 3 amide bonds. The van der Waals surface area contributed by atoms with E-state index in [1.807, 2.05) is 81.8 Å². The van der Waals surface area contributed by atoms with Crippen molar-refractivity contribution >= 4 is 35.3 Å². The first-order valence-electron chi connectivity index (χ1n) is 24.9. The molecule has 0 aromatic heterocycles. The molecule has 0 spiro atoms. The van der Waals surface area contributed by atoms with Crippen LogP contribution in [-0.4, -0.2) is 145 Å². The van der Waals surface area contributed by atoms with E-state index in [0.717, 1.165) is 44.1 Å². The first-order chi connectivity index (χ1) is 31.3. The monoisotopic (exact) mass is 925 g/mol. The molecule has 1 aliphatic carbocycles. The zero-order valence-corrected chi connectivity index (χ0v) is 42.2. The van der Waals surface area contributed by atoms with E-state index >= 15 is 0 Å². The SMILES string of the molecule is CC[C@H](C)[C@@H]([C@@H](CC(=O)N1CCC[C@H]1[C@H](OC)[C@@H](C)C(=O)C[C@@]1(C(=O)N2CCCCO2)C[C@@H]1c1ccccc1)OC)N(C)C(=O)[C@@H](CC(=O)[C@H](C(C)C)N(C)CCCCCC(=O)O)C(C)C. The van der Waals surface area contributed by atoms with Crippen LogP contribution in [0.5, 0.6) is 0 Å². The molecule has 4 rings (SSSR count). The van der Waals surface area contributed by atoms with E-state index in [2.05, 4.69) is 13.8 Å². The summed E-state index contributed by atoms with van der Waals surface area (Å²) in [6.45, 7) is 16.1. The van der Waals surface area contributed by atoms with Crippen LogP contribution in [0, 0.1) is 35.0 Å². The van der Waals surface area contributed by atoms with Gasteiger partial charge in [-0.05, 0) is 87.8 Å². The minimum absolute atomic E-state index is 0.00320. The van der Waals surface area contributed by atoms with Gasteiger partial charge in [0, 0.05) is 65.5 Å². The highest BCUT2D eigenvalue weighted by Gasteiger charge is 2.63. The highest BCUT2D eigenvalue weighted by Crippen LogP contribution is 2.63. The second kappa shape index (κ2) is 25.6. The number of benzene rings is 1. The average Bonchev–Trinajstić information content (AvgIpc) is 3.82. The summed E-state index contributed by atoms with van der Waals surface area (Å²) in [5.74, 6) is -2.74. The van der Waals surface area contributed by atoms with E-state index in [1.165, 1.54) is 5.06 Å². The van der Waals surface area contributed by atoms with E-state index in [4.69, 9.17) is 19.4 Å². The van der Waals surface area contributed by atoms with Gasteiger partial charge in [0.15, 0.2) is 5.78 Å². The number of carboxylic acids is 1. The third-order valence-corrected chi connectivity index (χ3v) is 15.2. The molecular formula is C52H84N4O10. The summed E-state index contributed by atoms with van der Waals surface area (Å²) in [5, 5.41) is 10.5. The minimum Gasteiger partial charge on any atom is -0.481 e. The van der Waals surface area contributed by atoms with Crippen molar-refractivity contribution in [3.05, 3.63) is 35.9 Å². The molecule has 2 aliphatic heterocycles. The predicted molar refractivity (Wildman–Crippen MR) is 254 cm³/mol. The lowest BCUT2D eigenvalue weighted by atomic mass is 9.83. The van der Waals surface area contributed by atoms with Gasteiger partial charge in [0.25, 0.3) is 5.91 Å². The fraction of sp³-hybridized carbons (Fsp3) is 0.769. The number of carbonyl (C=O) groups is 6. The molecule has 1 aromatic carbocycles. The fourth-order valence-electron chi connectivity index (χ4n) is 11.0. The maximum atomic E-state index is 14.6. The van der Waals surface area contributed by atoms with Gasteiger partial charge in [-0.25, -0.2) is 5.06 Å². The van der Waals surface area contributed by atoms with E-state index in [9.17, 15) is 28.8 Å². The zero-order chi connectivity index (χ0) is 48.9. The number of likely N-dealkylation sites (tertiary alicyclic amines) is 1. The Morgan fingerprint density at radius 2 is 1.56 bits per heavy atom. The number of carbonyl (C=O) groups excluding carboxylic acids is 5. The fourth-order valence-corrected chi connectivity index (χ4v) is 11.0. The molecule has 66 heavy (non-hydrogen) atoms. The number of ketones is 2. The Morgan fingerprint density at radius 1 is 0.864 bits per heavy atom. The Bertz CT molecular complexity index is 1750. The van der Waals surface area contributed by atoms with Gasteiger partial charge in [0.2, 0.25) is 11.8 Å². The summed E-state index contributed by atoms with van der Waals surface area (Å²) in [6, 6.07) is 8.68. The van der Waals surface area contributed by atoms with Crippen LogP contribution >= 0.6 is 0 Å². The smallest absolute Gasteiger partial charge is 0.303 e. The summed E-state index contributed by atoms with van der Waals surface area (Å²) in [4.78, 5) is 94.3. The van der Waals surface area contributed by atoms with Gasteiger partial charge in [0.1, 0.15) is 5.78 Å². The lowest BCUT2D eigenvalue weighted by Gasteiger charge is -2.41. The van der Waals surface area contributed by atoms with Gasteiger partial charge in [0.05, 0.1) is 48.8 Å².